The van der Waals surface area contributed by atoms with Gasteiger partial charge in [-0.05, 0) is 87.8 Å². The molecule has 2 aliphatic heterocycles. The monoisotopic (exact) mass is 1250 g/mol. The average molecular weight is 1250 g/mol. The lowest BCUT2D eigenvalue weighted by atomic mass is 9.84. The number of fused-ring (bicyclic) bond motifs is 4. The average Bonchev–Trinajstić information content (AvgIpc) is 4.19. The van der Waals surface area contributed by atoms with E-state index in [0.717, 1.165) is 22.5 Å². The van der Waals surface area contributed by atoms with Crippen LogP contribution in [0.15, 0.2) is 54.1 Å². The molecule has 0 aliphatic carbocycles. The van der Waals surface area contributed by atoms with Gasteiger partial charge in [-0.25, -0.2) is 14.8 Å². The quantitative estimate of drug-likeness (QED) is 0.0395. The molecule has 79 heavy (non-hydrogen) atoms. The molecule has 434 valence electrons. The Hall–Kier alpha value is -5.03. The summed E-state index contributed by atoms with van der Waals surface area (Å²) in [6.45, 7) is 11.9. The van der Waals surface area contributed by atoms with Crippen LogP contribution in [0.5, 0.6) is 5.75 Å². The summed E-state index contributed by atoms with van der Waals surface area (Å²) >= 11 is 13.7. The number of unbranched alkanes of at least 4 members (excludes halogenated alkanes) is 1. The molecule has 0 spiro atoms. The van der Waals surface area contributed by atoms with Crippen LogP contribution >= 0.6 is 43.5 Å². The van der Waals surface area contributed by atoms with Gasteiger partial charge >= 0.3 is 11.9 Å². The van der Waals surface area contributed by atoms with Gasteiger partial charge in [-0.3, -0.25) is 24.0 Å². The van der Waals surface area contributed by atoms with Crippen LogP contribution in [-0.2, 0) is 69.5 Å². The smallest absolute Gasteiger partial charge is 0.329 e. The summed E-state index contributed by atoms with van der Waals surface area (Å²) in [5, 5.41) is 7.06. The first-order valence-electron chi connectivity index (χ1n) is 26.6. The molecule has 5 rings (SSSR count). The highest BCUT2D eigenvalue weighted by molar-refractivity contribution is 9.09. The number of carbonyl (C=O) groups is 6. The lowest BCUT2D eigenvalue weighted by molar-refractivity contribution is -0.162. The number of likely N-dealkylation sites (N-methyl/N-ethyl adjacent to an activating group) is 1. The van der Waals surface area contributed by atoms with Gasteiger partial charge < -0.3 is 53.6 Å². The van der Waals surface area contributed by atoms with E-state index >= 15 is 0 Å². The van der Waals surface area contributed by atoms with E-state index in [9.17, 15) is 28.8 Å². The second-order valence-corrected chi connectivity index (χ2v) is 21.7. The predicted molar refractivity (Wildman–Crippen MR) is 308 cm³/mol. The molecule has 1 saturated heterocycles. The Labute approximate surface area is 485 Å². The summed E-state index contributed by atoms with van der Waals surface area (Å²) in [5.41, 5.74) is 4.47. The Balaban J connectivity index is 1.15. The van der Waals surface area contributed by atoms with Crippen molar-refractivity contribution in [3.8, 4) is 5.75 Å². The van der Waals surface area contributed by atoms with Gasteiger partial charge in [0.2, 0.25) is 17.7 Å². The van der Waals surface area contributed by atoms with Crippen molar-refractivity contribution in [1.82, 2.24) is 25.5 Å². The Morgan fingerprint density at radius 3 is 2.29 bits per heavy atom. The van der Waals surface area contributed by atoms with E-state index in [1.54, 1.807) is 39.3 Å². The molecule has 22 heteroatoms. The number of ether oxygens (including phenoxy) is 7. The minimum atomic E-state index is -1.22. The molecule has 0 radical (unpaired) electrons. The van der Waals surface area contributed by atoms with Crippen LogP contribution in [0.3, 0.4) is 0 Å². The van der Waals surface area contributed by atoms with E-state index in [4.69, 9.17) is 44.8 Å². The summed E-state index contributed by atoms with van der Waals surface area (Å²) in [7, 11) is 6.24. The van der Waals surface area contributed by atoms with Crippen molar-refractivity contribution in [3.05, 3.63) is 81.7 Å². The van der Waals surface area contributed by atoms with Gasteiger partial charge in [0, 0.05) is 76.7 Å². The third kappa shape index (κ3) is 18.5. The lowest BCUT2D eigenvalue weighted by Gasteiger charge is -2.31. The lowest BCUT2D eigenvalue weighted by Crippen LogP contribution is -2.47. The number of aromatic nitrogens is 2. The van der Waals surface area contributed by atoms with Crippen molar-refractivity contribution < 1.29 is 61.9 Å². The number of amides is 4. The Kier molecular flexibility index (Phi) is 25.6. The molecule has 0 saturated carbocycles. The molecule has 2 N–H and O–H groups in total. The second kappa shape index (κ2) is 31.3. The fraction of sp³-hybridized carbons (Fsp3) is 0.579. The molecule has 2 aliphatic rings. The summed E-state index contributed by atoms with van der Waals surface area (Å²) in [6.07, 6.45) is 5.01. The number of nitrogens with zero attached hydrogens (tertiary/aromatic N) is 4. The second-order valence-electron chi connectivity index (χ2n) is 20.2. The molecule has 1 fully saturated rings. The zero-order valence-electron chi connectivity index (χ0n) is 47.0. The number of benzene rings is 2. The largest absolute Gasteiger partial charge is 0.495 e. The number of allylic oxidation sites excluding steroid dienone is 3. The van der Waals surface area contributed by atoms with Crippen LogP contribution in [0.2, 0.25) is 5.02 Å². The summed E-state index contributed by atoms with van der Waals surface area (Å²) < 4.78 is 41.4. The number of hydrogen-bond donors (Lipinski definition) is 2. The first-order chi connectivity index (χ1) is 37.6. The highest BCUT2D eigenvalue weighted by atomic mass is 79.9. The number of epoxide rings is 1. The summed E-state index contributed by atoms with van der Waals surface area (Å²) in [5.74, 6) is -2.63. The Morgan fingerprint density at radius 1 is 0.937 bits per heavy atom. The van der Waals surface area contributed by atoms with E-state index in [1.165, 1.54) is 37.8 Å². The van der Waals surface area contributed by atoms with Crippen molar-refractivity contribution in [1.29, 1.82) is 0 Å². The van der Waals surface area contributed by atoms with Crippen molar-refractivity contribution in [2.24, 2.45) is 11.8 Å². The van der Waals surface area contributed by atoms with E-state index in [1.807, 2.05) is 51.1 Å². The molecule has 0 unspecified atom stereocenters. The van der Waals surface area contributed by atoms with Crippen LogP contribution in [0.4, 0.5) is 5.69 Å². The third-order valence-corrected chi connectivity index (χ3v) is 15.8. The maximum Gasteiger partial charge on any atom is 0.329 e. The van der Waals surface area contributed by atoms with Gasteiger partial charge in [-0.1, -0.05) is 81.1 Å². The molecule has 1 aromatic heterocycles. The van der Waals surface area contributed by atoms with E-state index < -0.39 is 53.7 Å². The van der Waals surface area contributed by atoms with Gasteiger partial charge in [0.15, 0.2) is 0 Å². The molecule has 3 aromatic rings. The molecular weight excluding hydrogens is 1170 g/mol. The normalized spacial score (nSPS) is 23.1. The number of carbonyl (C=O) groups excluding carboxylic acids is 6. The number of rotatable bonds is 23. The van der Waals surface area contributed by atoms with Gasteiger partial charge in [0.1, 0.15) is 34.6 Å². The number of anilines is 1. The maximum absolute atomic E-state index is 14.5. The first kappa shape index (κ1) is 64.8. The maximum atomic E-state index is 14.5. The Morgan fingerprint density at radius 2 is 1.63 bits per heavy atom. The first-order valence-corrected chi connectivity index (χ1v) is 29.2. The van der Waals surface area contributed by atoms with Crippen LogP contribution in [0.25, 0.3) is 11.0 Å². The number of hydrogen-bond acceptors (Lipinski definition) is 15. The summed E-state index contributed by atoms with van der Waals surface area (Å²) in [4.78, 5) is 91.8. The fourth-order valence-corrected chi connectivity index (χ4v) is 10.7. The number of alkyl halides is 2. The van der Waals surface area contributed by atoms with Gasteiger partial charge in [0.05, 0.1) is 80.3 Å². The molecule has 8 atom stereocenters. The van der Waals surface area contributed by atoms with Crippen molar-refractivity contribution in [2.45, 2.75) is 133 Å². The highest BCUT2D eigenvalue weighted by Gasteiger charge is 2.63. The number of methoxy groups -OCH3 is 2. The molecule has 3 heterocycles. The number of nitrogens with one attached hydrogen (secondary N) is 2. The van der Waals surface area contributed by atoms with E-state index in [-0.39, 0.29) is 87.0 Å². The van der Waals surface area contributed by atoms with E-state index in [0.29, 0.717) is 70.9 Å². The summed E-state index contributed by atoms with van der Waals surface area (Å²) in [6, 6.07) is 7.81. The topological polar surface area (TPSA) is 227 Å². The molecule has 2 aromatic carbocycles. The standard InChI is InChI=1S/C57H77Br2ClN6O13/c1-34-14-13-16-47(73-9)35(2)27-48(77-38(5)68)36(3)54-57(6,79-54)50(31-52(70)66(8)46-28-39(26-34)29-49(74-10)53(46)60)78-56(72)45(65(7)37(4)67)15-11-12-20-61-51(69)19-22-75-24-25-76-23-21-62-55(71)40-17-18-41-42(30-40)64-44(33-59)43(32-58)63-41/h13-14,16-18,28-30,35-36,45,47-48,50,54H,11-12,15,19-27,31-33H2,1-10H3,(H,61,69)(H,62,71)/b16-13+,34-14+/t35-,36-,45+,47-,48+,50+,54+,57+/m1/s1. The van der Waals surface area contributed by atoms with E-state index in [2.05, 4.69) is 52.5 Å². The van der Waals surface area contributed by atoms with Crippen molar-refractivity contribution in [3.63, 3.8) is 0 Å². The third-order valence-electron chi connectivity index (χ3n) is 14.3. The SMILES string of the molecule is COc1cc2cc(c1Cl)N(C)C(=O)C[C@H](OC(=O)[C@H](CCCCNC(=O)CCOCCOCCNC(=O)c1ccc3nc(CBr)c(CBr)nc3c1)N(C)C(C)=O)[C@]1(C)O[C@H]1[C@H](C)[C@@H](OC(C)=O)C[C@@H](C)[C@H](OC)/C=C/C=C(\C)C2. The van der Waals surface area contributed by atoms with Crippen LogP contribution in [0.1, 0.15) is 107 Å². The minimum absolute atomic E-state index is 0.106. The number of esters is 2. The number of halogens is 3. The zero-order valence-corrected chi connectivity index (χ0v) is 50.9. The minimum Gasteiger partial charge on any atom is -0.495 e. The van der Waals surface area contributed by atoms with Gasteiger partial charge in [0.25, 0.3) is 5.91 Å². The highest BCUT2D eigenvalue weighted by Crippen LogP contribution is 2.49. The molecular formula is C57H77Br2ClN6O13. The van der Waals surface area contributed by atoms with Crippen LogP contribution in [-0.4, -0.2) is 154 Å². The predicted octanol–water partition coefficient (Wildman–Crippen LogP) is 8.16. The molecule has 19 nitrogen and oxygen atoms in total. The van der Waals surface area contributed by atoms with Crippen LogP contribution < -0.4 is 20.3 Å². The van der Waals surface area contributed by atoms with Gasteiger partial charge in [-0.15, -0.1) is 0 Å². The Bertz CT molecular complexity index is 2680. The molecule has 4 amide bonds. The van der Waals surface area contributed by atoms with Crippen molar-refractivity contribution in [2.75, 3.05) is 72.7 Å². The fourth-order valence-electron chi connectivity index (χ4n) is 9.54. The van der Waals surface area contributed by atoms with Crippen molar-refractivity contribution >= 4 is 95.7 Å². The van der Waals surface area contributed by atoms with Gasteiger partial charge in [-0.2, -0.15) is 0 Å². The zero-order chi connectivity index (χ0) is 58.0. The molecule has 2 bridgehead atoms. The van der Waals surface area contributed by atoms with Crippen LogP contribution in [0, 0.1) is 11.8 Å².